The molecule has 0 unspecified atom stereocenters. The minimum atomic E-state index is -0.175. The number of nitrogens with one attached hydrogen (secondary N) is 1. The van der Waals surface area contributed by atoms with E-state index in [1.807, 2.05) is 0 Å². The zero-order chi connectivity index (χ0) is 13.9. The van der Waals surface area contributed by atoms with Crippen LogP contribution in [0.1, 0.15) is 67.1 Å². The Labute approximate surface area is 118 Å². The summed E-state index contributed by atoms with van der Waals surface area (Å²) in [6.45, 7) is 0.136. The first-order valence-electron chi connectivity index (χ1n) is 7.66. The zero-order valence-corrected chi connectivity index (χ0v) is 11.7. The van der Waals surface area contributed by atoms with Crippen LogP contribution in [-0.2, 0) is 0 Å². The molecule has 1 aromatic rings. The molecule has 1 aromatic heterocycles. The summed E-state index contributed by atoms with van der Waals surface area (Å²) in [6, 6.07) is 1.81. The van der Waals surface area contributed by atoms with E-state index in [2.05, 4.69) is 10.5 Å². The molecule has 0 bridgehead atoms. The number of nitrogens with zero attached hydrogens (tertiary/aromatic N) is 1. The molecule has 5 nitrogen and oxygen atoms in total. The Morgan fingerprint density at radius 2 is 2.10 bits per heavy atom. The lowest BCUT2D eigenvalue weighted by molar-refractivity contribution is 0.0890. The fourth-order valence-corrected chi connectivity index (χ4v) is 2.99. The summed E-state index contributed by atoms with van der Waals surface area (Å²) in [5.41, 5.74) is 0.368. The van der Waals surface area contributed by atoms with Crippen LogP contribution in [0.15, 0.2) is 10.6 Å². The van der Waals surface area contributed by atoms with E-state index in [0.717, 1.165) is 44.3 Å². The predicted octanol–water partition coefficient (Wildman–Crippen LogP) is 2.22. The van der Waals surface area contributed by atoms with Gasteiger partial charge < -0.3 is 14.9 Å². The smallest absolute Gasteiger partial charge is 0.273 e. The summed E-state index contributed by atoms with van der Waals surface area (Å²) in [5, 5.41) is 16.4. The Morgan fingerprint density at radius 1 is 1.30 bits per heavy atom. The van der Waals surface area contributed by atoms with Gasteiger partial charge in [0.05, 0.1) is 0 Å². The molecule has 110 valence electrons. The molecule has 0 aliphatic heterocycles. The minimum absolute atomic E-state index is 0.0519. The number of aliphatic hydroxyl groups is 1. The molecule has 3 rings (SSSR count). The average Bonchev–Trinajstić information content (AvgIpc) is 3.23. The largest absolute Gasteiger partial charge is 0.396 e. The van der Waals surface area contributed by atoms with Crippen LogP contribution < -0.4 is 5.32 Å². The third kappa shape index (κ3) is 3.03. The molecule has 0 radical (unpaired) electrons. The molecule has 2 saturated carbocycles. The molecule has 0 spiro atoms. The fourth-order valence-electron chi connectivity index (χ4n) is 2.99. The van der Waals surface area contributed by atoms with Gasteiger partial charge in [-0.1, -0.05) is 24.4 Å². The third-order valence-corrected chi connectivity index (χ3v) is 4.45. The summed E-state index contributed by atoms with van der Waals surface area (Å²) in [7, 11) is 0. The van der Waals surface area contributed by atoms with E-state index >= 15 is 0 Å². The third-order valence-electron chi connectivity index (χ3n) is 4.45. The van der Waals surface area contributed by atoms with Crippen LogP contribution in [0.3, 0.4) is 0 Å². The summed E-state index contributed by atoms with van der Waals surface area (Å²) >= 11 is 0. The summed E-state index contributed by atoms with van der Waals surface area (Å²) in [5.74, 6) is 1.28. The van der Waals surface area contributed by atoms with Crippen molar-refractivity contribution in [1.29, 1.82) is 0 Å². The molecule has 5 heteroatoms. The van der Waals surface area contributed by atoms with Crippen molar-refractivity contribution in [2.24, 2.45) is 5.92 Å². The maximum atomic E-state index is 12.2. The summed E-state index contributed by atoms with van der Waals surface area (Å²) in [6.07, 6.45) is 7.59. The first-order chi connectivity index (χ1) is 9.78. The number of amides is 1. The molecular weight excluding hydrogens is 256 g/mol. The maximum absolute atomic E-state index is 12.2. The molecule has 0 saturated heterocycles. The van der Waals surface area contributed by atoms with Crippen LogP contribution in [0, 0.1) is 5.92 Å². The Morgan fingerprint density at radius 3 is 2.85 bits per heavy atom. The second kappa shape index (κ2) is 5.95. The van der Waals surface area contributed by atoms with Gasteiger partial charge in [0.2, 0.25) is 0 Å². The number of aromatic nitrogens is 1. The number of hydrogen-bond acceptors (Lipinski definition) is 4. The molecule has 2 fully saturated rings. The number of carbonyl (C=O) groups is 1. The number of rotatable bonds is 4. The van der Waals surface area contributed by atoms with Crippen LogP contribution in [0.25, 0.3) is 0 Å². The molecule has 2 aliphatic carbocycles. The predicted molar refractivity (Wildman–Crippen MR) is 73.4 cm³/mol. The normalized spacial score (nSPS) is 27.1. The highest BCUT2D eigenvalue weighted by Gasteiger charge is 2.30. The minimum Gasteiger partial charge on any atom is -0.396 e. The van der Waals surface area contributed by atoms with E-state index in [-0.39, 0.29) is 24.5 Å². The van der Waals surface area contributed by atoms with Crippen molar-refractivity contribution in [2.75, 3.05) is 6.61 Å². The lowest BCUT2D eigenvalue weighted by Gasteiger charge is -2.23. The lowest BCUT2D eigenvalue weighted by atomic mass is 9.95. The van der Waals surface area contributed by atoms with Crippen LogP contribution >= 0.6 is 0 Å². The highest BCUT2D eigenvalue weighted by Crippen LogP contribution is 2.40. The number of aliphatic hydroxyl groups excluding tert-OH is 1. The van der Waals surface area contributed by atoms with E-state index in [1.165, 1.54) is 6.42 Å². The van der Waals surface area contributed by atoms with Gasteiger partial charge in [-0.15, -0.1) is 0 Å². The van der Waals surface area contributed by atoms with Gasteiger partial charge in [-0.3, -0.25) is 4.79 Å². The van der Waals surface area contributed by atoms with E-state index in [9.17, 15) is 9.90 Å². The Hall–Kier alpha value is -1.36. The Bertz CT molecular complexity index is 467. The van der Waals surface area contributed by atoms with Gasteiger partial charge in [0.15, 0.2) is 5.69 Å². The first-order valence-corrected chi connectivity index (χ1v) is 7.66. The average molecular weight is 278 g/mol. The summed E-state index contributed by atoms with van der Waals surface area (Å²) < 4.78 is 5.22. The van der Waals surface area contributed by atoms with Crippen molar-refractivity contribution in [3.8, 4) is 0 Å². The fraction of sp³-hybridized carbons (Fsp3) is 0.733. The molecule has 2 atom stereocenters. The van der Waals surface area contributed by atoms with E-state index in [4.69, 9.17) is 4.52 Å². The maximum Gasteiger partial charge on any atom is 0.273 e. The SMILES string of the molecule is O=C(N[C@H]1CCCCC[C@@H]1CO)c1cc(C2CC2)on1. The van der Waals surface area contributed by atoms with Gasteiger partial charge in [0.25, 0.3) is 5.91 Å². The Kier molecular flexibility index (Phi) is 4.05. The molecule has 2 aliphatic rings. The second-order valence-corrected chi connectivity index (χ2v) is 6.05. The van der Waals surface area contributed by atoms with Crippen LogP contribution in [0.4, 0.5) is 0 Å². The van der Waals surface area contributed by atoms with Gasteiger partial charge >= 0.3 is 0 Å². The van der Waals surface area contributed by atoms with Gasteiger partial charge in [-0.05, 0) is 25.7 Å². The van der Waals surface area contributed by atoms with Crippen molar-refractivity contribution >= 4 is 5.91 Å². The number of hydrogen-bond donors (Lipinski definition) is 2. The van der Waals surface area contributed by atoms with Crippen molar-refractivity contribution in [2.45, 2.75) is 56.9 Å². The van der Waals surface area contributed by atoms with Gasteiger partial charge in [0, 0.05) is 30.6 Å². The van der Waals surface area contributed by atoms with Crippen LogP contribution in [-0.4, -0.2) is 28.8 Å². The lowest BCUT2D eigenvalue weighted by Crippen LogP contribution is -2.41. The highest BCUT2D eigenvalue weighted by atomic mass is 16.5. The molecule has 0 aromatic carbocycles. The second-order valence-electron chi connectivity index (χ2n) is 6.05. The van der Waals surface area contributed by atoms with E-state index < -0.39 is 0 Å². The van der Waals surface area contributed by atoms with Crippen molar-refractivity contribution in [1.82, 2.24) is 10.5 Å². The van der Waals surface area contributed by atoms with Crippen molar-refractivity contribution < 1.29 is 14.4 Å². The topological polar surface area (TPSA) is 75.4 Å². The number of carbonyl (C=O) groups excluding carboxylic acids is 1. The Balaban J connectivity index is 1.63. The summed E-state index contributed by atoms with van der Waals surface area (Å²) in [4.78, 5) is 12.2. The van der Waals surface area contributed by atoms with E-state index in [1.54, 1.807) is 6.07 Å². The molecule has 1 heterocycles. The first kappa shape index (κ1) is 13.6. The molecule has 20 heavy (non-hydrogen) atoms. The van der Waals surface area contributed by atoms with Crippen molar-refractivity contribution in [3.05, 3.63) is 17.5 Å². The highest BCUT2D eigenvalue weighted by molar-refractivity contribution is 5.92. The molecular formula is C15H22N2O3. The standard InChI is InChI=1S/C15H22N2O3/c18-9-11-4-2-1-3-5-12(11)16-15(19)13-8-14(20-17-13)10-6-7-10/h8,10-12,18H,1-7,9H2,(H,16,19)/t11-,12+/m1/s1. The van der Waals surface area contributed by atoms with Gasteiger partial charge in [0.1, 0.15) is 5.76 Å². The van der Waals surface area contributed by atoms with Gasteiger partial charge in [-0.2, -0.15) is 0 Å². The van der Waals surface area contributed by atoms with Crippen LogP contribution in [0.5, 0.6) is 0 Å². The van der Waals surface area contributed by atoms with Crippen molar-refractivity contribution in [3.63, 3.8) is 0 Å². The van der Waals surface area contributed by atoms with Gasteiger partial charge in [-0.25, -0.2) is 0 Å². The quantitative estimate of drug-likeness (QED) is 0.828. The molecule has 1 amide bonds. The monoisotopic (exact) mass is 278 g/mol. The van der Waals surface area contributed by atoms with E-state index in [0.29, 0.717) is 11.6 Å². The zero-order valence-electron chi connectivity index (χ0n) is 11.7. The van der Waals surface area contributed by atoms with Crippen LogP contribution in [0.2, 0.25) is 0 Å². The molecule has 2 N–H and O–H groups in total.